The van der Waals surface area contributed by atoms with Gasteiger partial charge in [-0.05, 0) is 54.7 Å². The van der Waals surface area contributed by atoms with E-state index >= 15 is 0 Å². The number of aromatic nitrogens is 2. The predicted molar refractivity (Wildman–Crippen MR) is 113 cm³/mol. The minimum Gasteiger partial charge on any atom is -0.262 e. The van der Waals surface area contributed by atoms with Crippen molar-refractivity contribution in [3.8, 4) is 22.4 Å². The molecule has 1 aliphatic carbocycles. The van der Waals surface area contributed by atoms with Crippen molar-refractivity contribution in [2.24, 2.45) is 0 Å². The average Bonchev–Trinajstić information content (AvgIpc) is 3.10. The Bertz CT molecular complexity index is 1080. The van der Waals surface area contributed by atoms with E-state index < -0.39 is 9.84 Å². The van der Waals surface area contributed by atoms with Gasteiger partial charge in [0.1, 0.15) is 0 Å². The first kappa shape index (κ1) is 18.9. The molecule has 0 bridgehead atoms. The van der Waals surface area contributed by atoms with Crippen LogP contribution in [0.5, 0.6) is 0 Å². The number of hydrogen-bond acceptors (Lipinski definition) is 3. The molecule has 4 rings (SSSR count). The largest absolute Gasteiger partial charge is 0.262 e. The van der Waals surface area contributed by atoms with Crippen LogP contribution in [0.25, 0.3) is 22.4 Å². The summed E-state index contributed by atoms with van der Waals surface area (Å²) in [6, 6.07) is 18.1. The molecule has 3 aromatic rings. The number of sulfone groups is 1. The van der Waals surface area contributed by atoms with E-state index in [0.29, 0.717) is 10.9 Å². The molecule has 1 saturated carbocycles. The highest BCUT2D eigenvalue weighted by molar-refractivity contribution is 7.90. The van der Waals surface area contributed by atoms with Gasteiger partial charge in [0.05, 0.1) is 22.3 Å². The van der Waals surface area contributed by atoms with Gasteiger partial charge in [-0.1, -0.05) is 55.7 Å². The fraction of sp³-hybridized carbons (Fsp3) is 0.348. The fourth-order valence-corrected chi connectivity index (χ4v) is 4.74. The van der Waals surface area contributed by atoms with Crippen LogP contribution in [-0.2, 0) is 9.84 Å². The third kappa shape index (κ3) is 3.90. The van der Waals surface area contributed by atoms with Gasteiger partial charge in [-0.25, -0.2) is 8.42 Å². The number of nitrogens with zero attached hydrogens (tertiary/aromatic N) is 2. The third-order valence-electron chi connectivity index (χ3n) is 5.55. The zero-order valence-electron chi connectivity index (χ0n) is 16.4. The van der Waals surface area contributed by atoms with Crippen LogP contribution in [0.3, 0.4) is 0 Å². The van der Waals surface area contributed by atoms with Crippen LogP contribution in [0, 0.1) is 6.92 Å². The molecule has 28 heavy (non-hydrogen) atoms. The van der Waals surface area contributed by atoms with Crippen LogP contribution in [-0.4, -0.2) is 24.5 Å². The first-order chi connectivity index (χ1) is 13.4. The normalized spacial score (nSPS) is 15.6. The van der Waals surface area contributed by atoms with E-state index in [1.54, 1.807) is 18.2 Å². The van der Waals surface area contributed by atoms with E-state index in [1.807, 2.05) is 13.0 Å². The molecule has 1 aliphatic rings. The lowest BCUT2D eigenvalue weighted by molar-refractivity contribution is 0.331. The Morgan fingerprint density at radius 2 is 1.57 bits per heavy atom. The summed E-state index contributed by atoms with van der Waals surface area (Å²) in [6.45, 7) is 2.05. The van der Waals surface area contributed by atoms with Gasteiger partial charge in [0.15, 0.2) is 9.84 Å². The SMILES string of the molecule is Cc1cc(-c2ccc(-c3cccc(S(C)(=O)=O)c3)cc2)n(C2CCCCC2)n1. The van der Waals surface area contributed by atoms with Crippen molar-refractivity contribution in [3.63, 3.8) is 0 Å². The Kier molecular flexibility index (Phi) is 5.11. The van der Waals surface area contributed by atoms with E-state index in [0.717, 1.165) is 22.4 Å². The van der Waals surface area contributed by atoms with Crippen molar-refractivity contribution in [3.05, 3.63) is 60.3 Å². The molecule has 146 valence electrons. The molecule has 0 radical (unpaired) electrons. The summed E-state index contributed by atoms with van der Waals surface area (Å²) in [6.07, 6.45) is 7.52. The quantitative estimate of drug-likeness (QED) is 0.592. The van der Waals surface area contributed by atoms with E-state index in [1.165, 1.54) is 44.1 Å². The highest BCUT2D eigenvalue weighted by Crippen LogP contribution is 2.33. The van der Waals surface area contributed by atoms with Crippen LogP contribution >= 0.6 is 0 Å². The predicted octanol–water partition coefficient (Wildman–Crippen LogP) is 5.43. The lowest BCUT2D eigenvalue weighted by Crippen LogP contribution is -2.15. The summed E-state index contributed by atoms with van der Waals surface area (Å²) < 4.78 is 25.9. The second-order valence-corrected chi connectivity index (χ2v) is 9.80. The monoisotopic (exact) mass is 394 g/mol. The molecule has 0 unspecified atom stereocenters. The first-order valence-electron chi connectivity index (χ1n) is 9.89. The molecule has 2 aromatic carbocycles. The van der Waals surface area contributed by atoms with Gasteiger partial charge >= 0.3 is 0 Å². The molecule has 4 nitrogen and oxygen atoms in total. The Morgan fingerprint density at radius 1 is 0.893 bits per heavy atom. The Morgan fingerprint density at radius 3 is 2.25 bits per heavy atom. The van der Waals surface area contributed by atoms with E-state index in [-0.39, 0.29) is 0 Å². The summed E-state index contributed by atoms with van der Waals surface area (Å²) >= 11 is 0. The molecule has 0 N–H and O–H groups in total. The second-order valence-electron chi connectivity index (χ2n) is 7.78. The maximum atomic E-state index is 11.8. The molecule has 0 saturated heterocycles. The van der Waals surface area contributed by atoms with Crippen LogP contribution in [0.4, 0.5) is 0 Å². The zero-order chi connectivity index (χ0) is 19.7. The number of hydrogen-bond donors (Lipinski definition) is 0. The lowest BCUT2D eigenvalue weighted by atomic mass is 9.95. The molecule has 0 atom stereocenters. The van der Waals surface area contributed by atoms with E-state index in [4.69, 9.17) is 5.10 Å². The van der Waals surface area contributed by atoms with Crippen LogP contribution in [0.15, 0.2) is 59.5 Å². The number of benzene rings is 2. The molecule has 0 spiro atoms. The van der Waals surface area contributed by atoms with Crippen molar-refractivity contribution >= 4 is 9.84 Å². The minimum absolute atomic E-state index is 0.347. The highest BCUT2D eigenvalue weighted by Gasteiger charge is 2.20. The van der Waals surface area contributed by atoms with Gasteiger partial charge in [-0.2, -0.15) is 5.10 Å². The van der Waals surface area contributed by atoms with Gasteiger partial charge in [-0.15, -0.1) is 0 Å². The molecule has 0 aliphatic heterocycles. The Hall–Kier alpha value is -2.40. The van der Waals surface area contributed by atoms with Crippen LogP contribution in [0.1, 0.15) is 43.8 Å². The van der Waals surface area contributed by atoms with E-state index in [9.17, 15) is 8.42 Å². The summed E-state index contributed by atoms with van der Waals surface area (Å²) in [4.78, 5) is 0.347. The second kappa shape index (κ2) is 7.55. The van der Waals surface area contributed by atoms with E-state index in [2.05, 4.69) is 35.0 Å². The number of aryl methyl sites for hydroxylation is 1. The molecular formula is C23H26N2O2S. The zero-order valence-corrected chi connectivity index (χ0v) is 17.2. The van der Waals surface area contributed by atoms with Gasteiger partial charge in [-0.3, -0.25) is 4.68 Å². The highest BCUT2D eigenvalue weighted by atomic mass is 32.2. The summed E-state index contributed by atoms with van der Waals surface area (Å²) in [5.41, 5.74) is 5.28. The maximum absolute atomic E-state index is 11.8. The van der Waals surface area contributed by atoms with Crippen molar-refractivity contribution in [1.29, 1.82) is 0 Å². The minimum atomic E-state index is -3.21. The van der Waals surface area contributed by atoms with Gasteiger partial charge in [0.25, 0.3) is 0 Å². The average molecular weight is 395 g/mol. The summed E-state index contributed by atoms with van der Waals surface area (Å²) in [5, 5.41) is 4.78. The fourth-order valence-electron chi connectivity index (χ4n) is 4.08. The first-order valence-corrected chi connectivity index (χ1v) is 11.8. The van der Waals surface area contributed by atoms with Crippen molar-refractivity contribution in [2.45, 2.75) is 50.0 Å². The van der Waals surface area contributed by atoms with Crippen LogP contribution < -0.4 is 0 Å². The molecule has 1 fully saturated rings. The molecule has 0 amide bonds. The standard InChI is InChI=1S/C23H26N2O2S/c1-17-15-23(25(24-17)21-8-4-3-5-9-21)19-13-11-18(12-14-19)20-7-6-10-22(16-20)28(2,26)27/h6-7,10-16,21H,3-5,8-9H2,1-2H3. The van der Waals surface area contributed by atoms with Crippen molar-refractivity contribution < 1.29 is 8.42 Å². The van der Waals surface area contributed by atoms with Gasteiger partial charge in [0, 0.05) is 6.26 Å². The third-order valence-corrected chi connectivity index (χ3v) is 6.66. The summed E-state index contributed by atoms with van der Waals surface area (Å²) in [5.74, 6) is 0. The lowest BCUT2D eigenvalue weighted by Gasteiger charge is -2.24. The molecular weight excluding hydrogens is 368 g/mol. The van der Waals surface area contributed by atoms with Crippen molar-refractivity contribution in [2.75, 3.05) is 6.26 Å². The Labute approximate surface area is 167 Å². The van der Waals surface area contributed by atoms with Crippen LogP contribution in [0.2, 0.25) is 0 Å². The van der Waals surface area contributed by atoms with Gasteiger partial charge < -0.3 is 0 Å². The summed E-state index contributed by atoms with van der Waals surface area (Å²) in [7, 11) is -3.21. The topological polar surface area (TPSA) is 52.0 Å². The maximum Gasteiger partial charge on any atom is 0.175 e. The Balaban J connectivity index is 1.66. The van der Waals surface area contributed by atoms with Gasteiger partial charge in [0.2, 0.25) is 0 Å². The molecule has 5 heteroatoms. The molecule has 1 aromatic heterocycles. The smallest absolute Gasteiger partial charge is 0.175 e. The van der Waals surface area contributed by atoms with Crippen molar-refractivity contribution in [1.82, 2.24) is 9.78 Å². The molecule has 1 heterocycles. The number of rotatable bonds is 4.